The number of benzene rings is 2. The summed E-state index contributed by atoms with van der Waals surface area (Å²) in [5.74, 6) is -0.160. The van der Waals surface area contributed by atoms with Gasteiger partial charge in [-0.2, -0.15) is 5.10 Å². The van der Waals surface area contributed by atoms with Crippen LogP contribution in [0.25, 0.3) is 11.1 Å². The van der Waals surface area contributed by atoms with E-state index in [4.69, 9.17) is 14.6 Å². The predicted octanol–water partition coefficient (Wildman–Crippen LogP) is 4.46. The molecule has 4 rings (SSSR count). The molecule has 1 unspecified atom stereocenters. The maximum atomic E-state index is 11.2. The Kier molecular flexibility index (Phi) is 5.91. The van der Waals surface area contributed by atoms with Gasteiger partial charge in [0, 0.05) is 23.9 Å². The molecule has 1 aliphatic heterocycles. The van der Waals surface area contributed by atoms with Crippen molar-refractivity contribution in [1.29, 1.82) is 0 Å². The minimum Gasteiger partial charge on any atom is -0.488 e. The lowest BCUT2D eigenvalue weighted by atomic mass is 10.0. The van der Waals surface area contributed by atoms with Crippen LogP contribution in [0.4, 0.5) is 0 Å². The zero-order chi connectivity index (χ0) is 20.1. The van der Waals surface area contributed by atoms with Gasteiger partial charge in [-0.1, -0.05) is 36.4 Å². The van der Waals surface area contributed by atoms with Gasteiger partial charge in [0.1, 0.15) is 18.6 Å². The Bertz CT molecular complexity index is 962. The van der Waals surface area contributed by atoms with E-state index in [0.29, 0.717) is 12.4 Å². The summed E-state index contributed by atoms with van der Waals surface area (Å²) >= 11 is 0. The minimum absolute atomic E-state index is 0.0359. The molecule has 2 aromatic carbocycles. The van der Waals surface area contributed by atoms with Crippen LogP contribution in [0.1, 0.15) is 36.6 Å². The first-order valence-corrected chi connectivity index (χ1v) is 9.86. The standard InChI is InChI=1S/C23H24N2O4/c26-23(27)13-18-9-10-21(29-16-17-6-2-1-3-7-17)20(12-18)19-14-24-25(15-19)22-8-4-5-11-28-22/h1-3,6-7,9-10,12,14-15,22H,4-5,8,11,13,16H2,(H,26,27). The molecule has 0 bridgehead atoms. The Balaban J connectivity index is 1.61. The van der Waals surface area contributed by atoms with Crippen molar-refractivity contribution >= 4 is 5.97 Å². The molecule has 0 spiro atoms. The van der Waals surface area contributed by atoms with Gasteiger partial charge < -0.3 is 14.6 Å². The summed E-state index contributed by atoms with van der Waals surface area (Å²) in [6, 6.07) is 15.5. The fourth-order valence-corrected chi connectivity index (χ4v) is 3.52. The van der Waals surface area contributed by atoms with E-state index < -0.39 is 5.97 Å². The second-order valence-corrected chi connectivity index (χ2v) is 7.21. The second kappa shape index (κ2) is 8.92. The Morgan fingerprint density at radius 2 is 2.03 bits per heavy atom. The molecule has 3 aromatic rings. The molecule has 1 aromatic heterocycles. The Hall–Kier alpha value is -3.12. The van der Waals surface area contributed by atoms with E-state index in [9.17, 15) is 4.79 Å². The molecule has 2 heterocycles. The van der Waals surface area contributed by atoms with Gasteiger partial charge in [0.05, 0.1) is 12.6 Å². The molecule has 1 aliphatic rings. The third-order valence-corrected chi connectivity index (χ3v) is 5.00. The Labute approximate surface area is 169 Å². The summed E-state index contributed by atoms with van der Waals surface area (Å²) in [5, 5.41) is 13.6. The number of carboxylic acids is 1. The predicted molar refractivity (Wildman–Crippen MR) is 109 cm³/mol. The topological polar surface area (TPSA) is 73.6 Å². The third-order valence-electron chi connectivity index (χ3n) is 5.00. The highest BCUT2D eigenvalue weighted by Crippen LogP contribution is 2.33. The summed E-state index contributed by atoms with van der Waals surface area (Å²) in [7, 11) is 0. The Morgan fingerprint density at radius 1 is 1.17 bits per heavy atom. The van der Waals surface area contributed by atoms with E-state index in [1.54, 1.807) is 12.3 Å². The van der Waals surface area contributed by atoms with Crippen LogP contribution < -0.4 is 4.74 Å². The van der Waals surface area contributed by atoms with Gasteiger partial charge in [-0.25, -0.2) is 4.68 Å². The first-order valence-electron chi connectivity index (χ1n) is 9.86. The van der Waals surface area contributed by atoms with Crippen LogP contribution in [0, 0.1) is 0 Å². The smallest absolute Gasteiger partial charge is 0.307 e. The van der Waals surface area contributed by atoms with Crippen molar-refractivity contribution < 1.29 is 19.4 Å². The highest BCUT2D eigenvalue weighted by molar-refractivity contribution is 5.74. The van der Waals surface area contributed by atoms with Gasteiger partial charge in [-0.05, 0) is 42.5 Å². The number of carbonyl (C=O) groups is 1. The summed E-state index contributed by atoms with van der Waals surface area (Å²) in [4.78, 5) is 11.2. The fraction of sp³-hybridized carbons (Fsp3) is 0.304. The molecule has 1 N–H and O–H groups in total. The molecule has 0 amide bonds. The van der Waals surface area contributed by atoms with Crippen LogP contribution >= 0.6 is 0 Å². The quantitative estimate of drug-likeness (QED) is 0.643. The number of aromatic nitrogens is 2. The highest BCUT2D eigenvalue weighted by Gasteiger charge is 2.18. The van der Waals surface area contributed by atoms with Crippen LogP contribution in [-0.2, 0) is 22.6 Å². The molecular weight excluding hydrogens is 368 g/mol. The summed E-state index contributed by atoms with van der Waals surface area (Å²) in [6.45, 7) is 1.19. The Morgan fingerprint density at radius 3 is 2.79 bits per heavy atom. The van der Waals surface area contributed by atoms with Crippen LogP contribution in [0.3, 0.4) is 0 Å². The number of ether oxygens (including phenoxy) is 2. The van der Waals surface area contributed by atoms with Gasteiger partial charge >= 0.3 is 5.97 Å². The van der Waals surface area contributed by atoms with Crippen molar-refractivity contribution in [1.82, 2.24) is 9.78 Å². The van der Waals surface area contributed by atoms with Gasteiger partial charge in [0.25, 0.3) is 0 Å². The van der Waals surface area contributed by atoms with E-state index in [0.717, 1.165) is 48.1 Å². The minimum atomic E-state index is -0.861. The van der Waals surface area contributed by atoms with Crippen molar-refractivity contribution in [2.75, 3.05) is 6.61 Å². The zero-order valence-electron chi connectivity index (χ0n) is 16.2. The summed E-state index contributed by atoms with van der Waals surface area (Å²) in [6.07, 6.45) is 6.80. The highest BCUT2D eigenvalue weighted by atomic mass is 16.5. The largest absolute Gasteiger partial charge is 0.488 e. The van der Waals surface area contributed by atoms with Crippen molar-refractivity contribution in [3.63, 3.8) is 0 Å². The lowest BCUT2D eigenvalue weighted by molar-refractivity contribution is -0.136. The van der Waals surface area contributed by atoms with Crippen LogP contribution in [0.5, 0.6) is 5.75 Å². The van der Waals surface area contributed by atoms with Gasteiger partial charge in [-0.3, -0.25) is 4.79 Å². The lowest BCUT2D eigenvalue weighted by Gasteiger charge is -2.22. The van der Waals surface area contributed by atoms with Gasteiger partial charge in [-0.15, -0.1) is 0 Å². The average Bonchev–Trinajstić information content (AvgIpc) is 3.24. The van der Waals surface area contributed by atoms with Crippen molar-refractivity contribution in [2.45, 2.75) is 38.5 Å². The number of hydrogen-bond donors (Lipinski definition) is 1. The van der Waals surface area contributed by atoms with E-state index in [2.05, 4.69) is 5.10 Å². The molecular formula is C23H24N2O4. The SMILES string of the molecule is O=C(O)Cc1ccc(OCc2ccccc2)c(-c2cnn(C3CCCCO3)c2)c1. The third kappa shape index (κ3) is 4.84. The fourth-order valence-electron chi connectivity index (χ4n) is 3.52. The molecule has 1 atom stereocenters. The molecule has 150 valence electrons. The first kappa shape index (κ1) is 19.2. The van der Waals surface area contributed by atoms with Crippen molar-refractivity contribution in [3.8, 4) is 16.9 Å². The van der Waals surface area contributed by atoms with Crippen molar-refractivity contribution in [2.24, 2.45) is 0 Å². The molecule has 6 heteroatoms. The number of hydrogen-bond acceptors (Lipinski definition) is 4. The zero-order valence-corrected chi connectivity index (χ0v) is 16.2. The maximum Gasteiger partial charge on any atom is 0.307 e. The summed E-state index contributed by atoms with van der Waals surface area (Å²) in [5.41, 5.74) is 3.51. The number of nitrogens with zero attached hydrogens (tertiary/aromatic N) is 2. The molecule has 0 aliphatic carbocycles. The van der Waals surface area contributed by atoms with Crippen LogP contribution in [0.2, 0.25) is 0 Å². The summed E-state index contributed by atoms with van der Waals surface area (Å²) < 4.78 is 13.7. The van der Waals surface area contributed by atoms with E-state index in [1.807, 2.05) is 53.3 Å². The molecule has 6 nitrogen and oxygen atoms in total. The monoisotopic (exact) mass is 392 g/mol. The second-order valence-electron chi connectivity index (χ2n) is 7.21. The van der Waals surface area contributed by atoms with E-state index in [1.165, 1.54) is 0 Å². The van der Waals surface area contributed by atoms with E-state index in [-0.39, 0.29) is 12.6 Å². The number of rotatable bonds is 7. The molecule has 0 radical (unpaired) electrons. The lowest BCUT2D eigenvalue weighted by Crippen LogP contribution is -2.18. The maximum absolute atomic E-state index is 11.2. The van der Waals surface area contributed by atoms with Crippen LogP contribution in [0.15, 0.2) is 60.9 Å². The number of carboxylic acid groups (broad SMARTS) is 1. The molecule has 1 fully saturated rings. The van der Waals surface area contributed by atoms with Crippen LogP contribution in [-0.4, -0.2) is 27.5 Å². The normalized spacial score (nSPS) is 16.5. The van der Waals surface area contributed by atoms with Crippen molar-refractivity contribution in [3.05, 3.63) is 72.1 Å². The molecule has 1 saturated heterocycles. The van der Waals surface area contributed by atoms with E-state index >= 15 is 0 Å². The molecule has 0 saturated carbocycles. The van der Waals surface area contributed by atoms with Gasteiger partial charge in [0.2, 0.25) is 0 Å². The number of aliphatic carboxylic acids is 1. The van der Waals surface area contributed by atoms with Gasteiger partial charge in [0.15, 0.2) is 0 Å². The average molecular weight is 392 g/mol. The first-order chi connectivity index (χ1) is 14.2. The molecule has 29 heavy (non-hydrogen) atoms.